The Bertz CT molecular complexity index is 772. The van der Waals surface area contributed by atoms with Gasteiger partial charge in [-0.1, -0.05) is 60.7 Å². The summed E-state index contributed by atoms with van der Waals surface area (Å²) in [5.41, 5.74) is 5.74. The highest BCUT2D eigenvalue weighted by atomic mass is 16.6. The third-order valence-corrected chi connectivity index (χ3v) is 4.10. The van der Waals surface area contributed by atoms with Crippen LogP contribution in [0.25, 0.3) is 0 Å². The molecule has 27 heavy (non-hydrogen) atoms. The number of ether oxygens (including phenoxy) is 1. The molecule has 0 saturated carbocycles. The van der Waals surface area contributed by atoms with Crippen LogP contribution in [0, 0.1) is 0 Å². The number of rotatable bonds is 5. The number of benzene rings is 2. The zero-order valence-electron chi connectivity index (χ0n) is 16.2. The third kappa shape index (κ3) is 4.86. The fourth-order valence-corrected chi connectivity index (χ4v) is 2.88. The van der Waals surface area contributed by atoms with E-state index in [1.807, 2.05) is 36.4 Å². The van der Waals surface area contributed by atoms with Gasteiger partial charge >= 0.3 is 6.09 Å². The van der Waals surface area contributed by atoms with Crippen molar-refractivity contribution < 1.29 is 14.3 Å². The van der Waals surface area contributed by atoms with Gasteiger partial charge in [-0.25, -0.2) is 4.79 Å². The summed E-state index contributed by atoms with van der Waals surface area (Å²) < 4.78 is 5.40. The van der Waals surface area contributed by atoms with Gasteiger partial charge in [-0.05, 0) is 31.9 Å². The highest BCUT2D eigenvalue weighted by Crippen LogP contribution is 2.33. The summed E-state index contributed by atoms with van der Waals surface area (Å²) >= 11 is 0. The van der Waals surface area contributed by atoms with E-state index < -0.39 is 29.2 Å². The molecule has 0 aliphatic heterocycles. The van der Waals surface area contributed by atoms with Crippen LogP contribution < -0.4 is 16.4 Å². The molecule has 2 aromatic carbocycles. The summed E-state index contributed by atoms with van der Waals surface area (Å²) in [5.74, 6) is -0.418. The molecule has 2 atom stereocenters. The Morgan fingerprint density at radius 2 is 1.48 bits per heavy atom. The van der Waals surface area contributed by atoms with Gasteiger partial charge in [-0.3, -0.25) is 4.79 Å². The van der Waals surface area contributed by atoms with E-state index in [9.17, 15) is 9.59 Å². The zero-order valence-corrected chi connectivity index (χ0v) is 16.2. The number of carbonyl (C=O) groups is 2. The largest absolute Gasteiger partial charge is 0.444 e. The molecular formula is C21H27N3O3. The van der Waals surface area contributed by atoms with Crippen LogP contribution in [0.2, 0.25) is 0 Å². The third-order valence-electron chi connectivity index (χ3n) is 4.10. The monoisotopic (exact) mass is 369 g/mol. The van der Waals surface area contributed by atoms with Crippen molar-refractivity contribution in [3.63, 3.8) is 0 Å². The van der Waals surface area contributed by atoms with Crippen LogP contribution in [0.4, 0.5) is 4.79 Å². The van der Waals surface area contributed by atoms with E-state index in [1.165, 1.54) is 7.05 Å². The van der Waals surface area contributed by atoms with Crippen LogP contribution >= 0.6 is 0 Å². The zero-order chi connectivity index (χ0) is 20.1. The number of likely N-dealkylation sites (N-methyl/N-ethyl adjacent to an activating group) is 1. The lowest BCUT2D eigenvalue weighted by Crippen LogP contribution is -2.59. The Morgan fingerprint density at radius 1 is 0.963 bits per heavy atom. The lowest BCUT2D eigenvalue weighted by molar-refractivity contribution is -0.127. The van der Waals surface area contributed by atoms with Gasteiger partial charge in [0.1, 0.15) is 11.1 Å². The molecule has 2 rings (SSSR count). The number of hydrogen-bond acceptors (Lipinski definition) is 4. The summed E-state index contributed by atoms with van der Waals surface area (Å²) in [6.07, 6.45) is -0.647. The molecule has 0 aliphatic carbocycles. The second-order valence-electron chi connectivity index (χ2n) is 7.30. The average molecular weight is 369 g/mol. The predicted octanol–water partition coefficient (Wildman–Crippen LogP) is 2.85. The van der Waals surface area contributed by atoms with Crippen LogP contribution in [-0.2, 0) is 15.1 Å². The number of hydrogen-bond donors (Lipinski definition) is 3. The maximum atomic E-state index is 12.9. The van der Waals surface area contributed by atoms with E-state index >= 15 is 0 Å². The van der Waals surface area contributed by atoms with Crippen LogP contribution in [0.3, 0.4) is 0 Å². The molecule has 0 unspecified atom stereocenters. The normalized spacial score (nSPS) is 14.6. The highest BCUT2D eigenvalue weighted by Gasteiger charge is 2.45. The van der Waals surface area contributed by atoms with Gasteiger partial charge in [0.25, 0.3) is 0 Å². The number of amides is 2. The van der Waals surface area contributed by atoms with Crippen molar-refractivity contribution in [2.45, 2.75) is 38.0 Å². The summed E-state index contributed by atoms with van der Waals surface area (Å²) in [7, 11) is 1.52. The van der Waals surface area contributed by atoms with E-state index in [1.54, 1.807) is 45.0 Å². The van der Waals surface area contributed by atoms with E-state index in [0.717, 1.165) is 0 Å². The van der Waals surface area contributed by atoms with Gasteiger partial charge in [-0.15, -0.1) is 0 Å². The van der Waals surface area contributed by atoms with Crippen molar-refractivity contribution in [3.05, 3.63) is 71.8 Å². The molecule has 0 aromatic heterocycles. The minimum absolute atomic E-state index is 0.418. The SMILES string of the molecule is CNC(=O)[C@](N)(c1ccccc1)[C@@H](NC(=O)OC(C)(C)C)c1ccccc1. The van der Waals surface area contributed by atoms with Crippen LogP contribution in [0.1, 0.15) is 37.9 Å². The topological polar surface area (TPSA) is 93.5 Å². The molecule has 2 amide bonds. The van der Waals surface area contributed by atoms with Crippen molar-refractivity contribution in [2.75, 3.05) is 7.05 Å². The molecule has 0 heterocycles. The van der Waals surface area contributed by atoms with Gasteiger partial charge in [0.2, 0.25) is 5.91 Å². The Hall–Kier alpha value is -2.86. The van der Waals surface area contributed by atoms with Crippen LogP contribution in [0.15, 0.2) is 60.7 Å². The molecular weight excluding hydrogens is 342 g/mol. The molecule has 0 saturated heterocycles. The van der Waals surface area contributed by atoms with Gasteiger partial charge in [0, 0.05) is 7.05 Å². The van der Waals surface area contributed by atoms with E-state index in [4.69, 9.17) is 10.5 Å². The lowest BCUT2D eigenvalue weighted by atomic mass is 9.79. The summed E-state index contributed by atoms with van der Waals surface area (Å²) in [4.78, 5) is 25.4. The fourth-order valence-electron chi connectivity index (χ4n) is 2.88. The van der Waals surface area contributed by atoms with Crippen molar-refractivity contribution >= 4 is 12.0 Å². The van der Waals surface area contributed by atoms with Crippen molar-refractivity contribution in [2.24, 2.45) is 5.73 Å². The van der Waals surface area contributed by atoms with Crippen LogP contribution in [-0.4, -0.2) is 24.6 Å². The number of alkyl carbamates (subject to hydrolysis) is 1. The number of carbonyl (C=O) groups excluding carboxylic acids is 2. The van der Waals surface area contributed by atoms with Gasteiger partial charge in [0.15, 0.2) is 0 Å². The fraction of sp³-hybridized carbons (Fsp3) is 0.333. The van der Waals surface area contributed by atoms with Gasteiger partial charge in [0.05, 0.1) is 6.04 Å². The first-order valence-electron chi connectivity index (χ1n) is 8.79. The minimum Gasteiger partial charge on any atom is -0.444 e. The first-order valence-corrected chi connectivity index (χ1v) is 8.79. The molecule has 4 N–H and O–H groups in total. The van der Waals surface area contributed by atoms with Crippen molar-refractivity contribution in [3.8, 4) is 0 Å². The second kappa shape index (κ2) is 8.22. The maximum absolute atomic E-state index is 12.9. The molecule has 6 heteroatoms. The van der Waals surface area contributed by atoms with Crippen molar-refractivity contribution in [1.29, 1.82) is 0 Å². The molecule has 0 fully saturated rings. The van der Waals surface area contributed by atoms with E-state index in [-0.39, 0.29) is 0 Å². The van der Waals surface area contributed by atoms with E-state index in [2.05, 4.69) is 10.6 Å². The Morgan fingerprint density at radius 3 is 1.96 bits per heavy atom. The first kappa shape index (κ1) is 20.5. The quantitative estimate of drug-likeness (QED) is 0.755. The smallest absolute Gasteiger partial charge is 0.408 e. The first-order chi connectivity index (χ1) is 12.7. The number of nitrogens with one attached hydrogen (secondary N) is 2. The average Bonchev–Trinajstić information content (AvgIpc) is 2.65. The Balaban J connectivity index is 2.55. The Labute approximate surface area is 160 Å². The van der Waals surface area contributed by atoms with Crippen LogP contribution in [0.5, 0.6) is 0 Å². The predicted molar refractivity (Wildman–Crippen MR) is 105 cm³/mol. The standard InChI is InChI=1S/C21H27N3O3/c1-20(2,3)27-19(26)24-17(15-11-7-5-8-12-15)21(22,18(25)23-4)16-13-9-6-10-14-16/h5-14,17H,22H2,1-4H3,(H,23,25)(H,24,26)/t17-,21-/m0/s1. The molecule has 144 valence electrons. The van der Waals surface area contributed by atoms with Gasteiger partial charge in [-0.2, -0.15) is 0 Å². The summed E-state index contributed by atoms with van der Waals surface area (Å²) in [6, 6.07) is 17.3. The summed E-state index contributed by atoms with van der Waals surface area (Å²) in [5, 5.41) is 5.42. The highest BCUT2D eigenvalue weighted by molar-refractivity contribution is 5.89. The lowest BCUT2D eigenvalue weighted by Gasteiger charge is -2.37. The molecule has 0 bridgehead atoms. The molecule has 2 aromatic rings. The molecule has 0 radical (unpaired) electrons. The molecule has 0 aliphatic rings. The molecule has 0 spiro atoms. The molecule has 6 nitrogen and oxygen atoms in total. The van der Waals surface area contributed by atoms with Gasteiger partial charge < -0.3 is 21.1 Å². The Kier molecular flexibility index (Phi) is 6.23. The van der Waals surface area contributed by atoms with E-state index in [0.29, 0.717) is 11.1 Å². The minimum atomic E-state index is -1.53. The summed E-state index contributed by atoms with van der Waals surface area (Å²) in [6.45, 7) is 5.32. The number of nitrogens with two attached hydrogens (primary N) is 1. The maximum Gasteiger partial charge on any atom is 0.408 e. The van der Waals surface area contributed by atoms with Crippen molar-refractivity contribution in [1.82, 2.24) is 10.6 Å². The second-order valence-corrected chi connectivity index (χ2v) is 7.30.